The van der Waals surface area contributed by atoms with Gasteiger partial charge >= 0.3 is 0 Å². The second kappa shape index (κ2) is 11.0. The molecular formula is C18H23BrN4O2S. The third-order valence-electron chi connectivity index (χ3n) is 3.80. The van der Waals surface area contributed by atoms with Crippen molar-refractivity contribution < 1.29 is 9.59 Å². The largest absolute Gasteiger partial charge is 0.354 e. The quantitative estimate of drug-likeness (QED) is 0.559. The molecule has 0 bridgehead atoms. The normalized spacial score (nSPS) is 11.8. The molecule has 2 N–H and O–H groups in total. The predicted molar refractivity (Wildman–Crippen MR) is 108 cm³/mol. The molecule has 0 aliphatic heterocycles. The summed E-state index contributed by atoms with van der Waals surface area (Å²) < 4.78 is 2.67. The molecule has 2 amide bonds. The van der Waals surface area contributed by atoms with Crippen LogP contribution in [0.25, 0.3) is 0 Å². The first kappa shape index (κ1) is 20.5. The number of halogens is 1. The number of thioether (sulfide) groups is 1. The Bertz CT molecular complexity index is 709. The van der Waals surface area contributed by atoms with Crippen molar-refractivity contribution in [1.82, 2.24) is 20.2 Å². The minimum absolute atomic E-state index is 0.148. The predicted octanol–water partition coefficient (Wildman–Crippen LogP) is 2.70. The molecule has 0 saturated heterocycles. The average molecular weight is 439 g/mol. The molecule has 1 unspecified atom stereocenters. The number of benzene rings is 1. The summed E-state index contributed by atoms with van der Waals surface area (Å²) in [6.07, 6.45) is 8.74. The number of amides is 2. The van der Waals surface area contributed by atoms with Gasteiger partial charge in [0.05, 0.1) is 11.9 Å². The van der Waals surface area contributed by atoms with E-state index in [1.54, 1.807) is 36.4 Å². The molecule has 2 rings (SSSR count). The first-order chi connectivity index (χ1) is 12.6. The minimum Gasteiger partial charge on any atom is -0.354 e. The van der Waals surface area contributed by atoms with Crippen molar-refractivity contribution in [1.29, 1.82) is 0 Å². The molecular weight excluding hydrogens is 416 g/mol. The Kier molecular flexibility index (Phi) is 8.70. The van der Waals surface area contributed by atoms with Crippen LogP contribution in [0.1, 0.15) is 23.2 Å². The second-order valence-corrected chi connectivity index (χ2v) is 7.57. The Morgan fingerprint density at radius 2 is 2.15 bits per heavy atom. The number of carbonyl (C=O) groups excluding carboxylic acids is 2. The van der Waals surface area contributed by atoms with E-state index >= 15 is 0 Å². The smallest absolute Gasteiger partial charge is 0.253 e. The maximum Gasteiger partial charge on any atom is 0.253 e. The molecule has 1 aromatic heterocycles. The zero-order valence-electron chi connectivity index (χ0n) is 14.7. The molecule has 2 aromatic rings. The van der Waals surface area contributed by atoms with Gasteiger partial charge in [0.25, 0.3) is 5.91 Å². The van der Waals surface area contributed by atoms with Crippen molar-refractivity contribution in [3.05, 3.63) is 53.0 Å². The summed E-state index contributed by atoms with van der Waals surface area (Å²) in [5.41, 5.74) is 0.523. The third-order valence-corrected chi connectivity index (χ3v) is 5.14. The molecule has 1 aromatic carbocycles. The second-order valence-electron chi connectivity index (χ2n) is 5.73. The maximum atomic E-state index is 12.5. The third kappa shape index (κ3) is 6.49. The Hall–Kier alpha value is -1.80. The molecule has 0 fully saturated rings. The summed E-state index contributed by atoms with van der Waals surface area (Å²) in [5.74, 6) is 0.394. The van der Waals surface area contributed by atoms with Gasteiger partial charge in [-0.15, -0.1) is 0 Å². The maximum absolute atomic E-state index is 12.5. The average Bonchev–Trinajstić information content (AvgIpc) is 3.15. The SMILES string of the molecule is CSCCC(NC(=O)c1ccccc1Br)C(=O)NCCCn1ccnc1. The van der Waals surface area contributed by atoms with Crippen molar-refractivity contribution >= 4 is 39.5 Å². The Morgan fingerprint density at radius 1 is 1.35 bits per heavy atom. The molecule has 0 aliphatic carbocycles. The van der Waals surface area contributed by atoms with E-state index in [1.165, 1.54) is 0 Å². The minimum atomic E-state index is -0.546. The van der Waals surface area contributed by atoms with Crippen LogP contribution in [0.4, 0.5) is 0 Å². The summed E-state index contributed by atoms with van der Waals surface area (Å²) in [6.45, 7) is 1.34. The summed E-state index contributed by atoms with van der Waals surface area (Å²) in [5, 5.41) is 5.77. The van der Waals surface area contributed by atoms with Gasteiger partial charge < -0.3 is 15.2 Å². The zero-order valence-corrected chi connectivity index (χ0v) is 17.1. The highest BCUT2D eigenvalue weighted by Gasteiger charge is 2.21. The van der Waals surface area contributed by atoms with Crippen molar-refractivity contribution in [2.45, 2.75) is 25.4 Å². The van der Waals surface area contributed by atoms with Gasteiger partial charge in [0.2, 0.25) is 5.91 Å². The Balaban J connectivity index is 1.87. The van der Waals surface area contributed by atoms with Gasteiger partial charge in [0, 0.05) is 30.0 Å². The lowest BCUT2D eigenvalue weighted by Crippen LogP contribution is -2.47. The van der Waals surface area contributed by atoms with E-state index in [1.807, 2.05) is 29.2 Å². The first-order valence-corrected chi connectivity index (χ1v) is 10.6. The summed E-state index contributed by atoms with van der Waals surface area (Å²) in [6, 6.07) is 6.64. The fourth-order valence-electron chi connectivity index (χ4n) is 2.40. The summed E-state index contributed by atoms with van der Waals surface area (Å²) in [7, 11) is 0. The highest BCUT2D eigenvalue weighted by Crippen LogP contribution is 2.16. The lowest BCUT2D eigenvalue weighted by atomic mass is 10.1. The first-order valence-electron chi connectivity index (χ1n) is 8.39. The van der Waals surface area contributed by atoms with Crippen LogP contribution >= 0.6 is 27.7 Å². The molecule has 0 saturated carbocycles. The van der Waals surface area contributed by atoms with Gasteiger partial charge in [-0.3, -0.25) is 9.59 Å². The van der Waals surface area contributed by atoms with Crippen LogP contribution in [0, 0.1) is 0 Å². The molecule has 0 spiro atoms. The lowest BCUT2D eigenvalue weighted by Gasteiger charge is -2.18. The lowest BCUT2D eigenvalue weighted by molar-refractivity contribution is -0.123. The van der Waals surface area contributed by atoms with E-state index in [9.17, 15) is 9.59 Å². The van der Waals surface area contributed by atoms with Crippen LogP contribution in [0.5, 0.6) is 0 Å². The number of aryl methyl sites for hydroxylation is 1. The van der Waals surface area contributed by atoms with Crippen LogP contribution in [0.15, 0.2) is 47.5 Å². The Morgan fingerprint density at radius 3 is 2.85 bits per heavy atom. The molecule has 26 heavy (non-hydrogen) atoms. The summed E-state index contributed by atoms with van der Waals surface area (Å²) in [4.78, 5) is 29.0. The molecule has 1 atom stereocenters. The number of hydrogen-bond acceptors (Lipinski definition) is 4. The van der Waals surface area contributed by atoms with Crippen molar-refractivity contribution in [3.8, 4) is 0 Å². The van der Waals surface area contributed by atoms with Crippen molar-refractivity contribution in [3.63, 3.8) is 0 Å². The van der Waals surface area contributed by atoms with Gasteiger partial charge in [-0.25, -0.2) is 4.98 Å². The molecule has 6 nitrogen and oxygen atoms in total. The topological polar surface area (TPSA) is 76.0 Å². The van der Waals surface area contributed by atoms with Crippen molar-refractivity contribution in [2.75, 3.05) is 18.6 Å². The van der Waals surface area contributed by atoms with E-state index in [0.29, 0.717) is 23.0 Å². The number of hydrogen-bond donors (Lipinski definition) is 2. The number of carbonyl (C=O) groups is 2. The van der Waals surface area contributed by atoms with Crippen LogP contribution < -0.4 is 10.6 Å². The van der Waals surface area contributed by atoms with Crippen LogP contribution in [0.2, 0.25) is 0 Å². The molecule has 0 aliphatic rings. The molecule has 140 valence electrons. The molecule has 8 heteroatoms. The van der Waals surface area contributed by atoms with E-state index in [4.69, 9.17) is 0 Å². The number of rotatable bonds is 10. The number of imidazole rings is 1. The van der Waals surface area contributed by atoms with Gasteiger partial charge in [0.15, 0.2) is 0 Å². The van der Waals surface area contributed by atoms with Crippen molar-refractivity contribution in [2.24, 2.45) is 0 Å². The fourth-order valence-corrected chi connectivity index (χ4v) is 3.34. The number of nitrogens with one attached hydrogen (secondary N) is 2. The van der Waals surface area contributed by atoms with E-state index in [-0.39, 0.29) is 11.8 Å². The van der Waals surface area contributed by atoms with E-state index < -0.39 is 6.04 Å². The fraction of sp³-hybridized carbons (Fsp3) is 0.389. The highest BCUT2D eigenvalue weighted by molar-refractivity contribution is 9.10. The van der Waals surface area contributed by atoms with Crippen LogP contribution in [-0.2, 0) is 11.3 Å². The van der Waals surface area contributed by atoms with Gasteiger partial charge in [0.1, 0.15) is 6.04 Å². The van der Waals surface area contributed by atoms with E-state index in [2.05, 4.69) is 31.5 Å². The van der Waals surface area contributed by atoms with Crippen LogP contribution in [-0.4, -0.2) is 46.0 Å². The van der Waals surface area contributed by atoms with Crippen LogP contribution in [0.3, 0.4) is 0 Å². The Labute approximate surface area is 166 Å². The monoisotopic (exact) mass is 438 g/mol. The number of aromatic nitrogens is 2. The molecule has 0 radical (unpaired) electrons. The number of nitrogens with zero attached hydrogens (tertiary/aromatic N) is 2. The summed E-state index contributed by atoms with van der Waals surface area (Å²) >= 11 is 5.02. The van der Waals surface area contributed by atoms with Gasteiger partial charge in [-0.1, -0.05) is 12.1 Å². The van der Waals surface area contributed by atoms with Gasteiger partial charge in [-0.05, 0) is 52.9 Å². The van der Waals surface area contributed by atoms with Gasteiger partial charge in [-0.2, -0.15) is 11.8 Å². The standard InChI is InChI=1S/C18H23BrN4O2S/c1-26-12-7-16(22-17(24)14-5-2-3-6-15(14)19)18(25)21-8-4-10-23-11-9-20-13-23/h2-3,5-6,9,11,13,16H,4,7-8,10,12H2,1H3,(H,21,25)(H,22,24). The highest BCUT2D eigenvalue weighted by atomic mass is 79.9. The molecule has 1 heterocycles. The van der Waals surface area contributed by atoms with E-state index in [0.717, 1.165) is 18.7 Å². The zero-order chi connectivity index (χ0) is 18.8.